The van der Waals surface area contributed by atoms with Gasteiger partial charge in [0.2, 0.25) is 15.9 Å². The van der Waals surface area contributed by atoms with Crippen LogP contribution in [0.5, 0.6) is 0 Å². The normalized spacial score (nSPS) is 23.3. The number of benzene rings is 1. The molecule has 1 aromatic carbocycles. The molecule has 6 nitrogen and oxygen atoms in total. The summed E-state index contributed by atoms with van der Waals surface area (Å²) in [6, 6.07) is 3.89. The van der Waals surface area contributed by atoms with Crippen LogP contribution in [0.2, 0.25) is 0 Å². The lowest BCUT2D eigenvalue weighted by molar-refractivity contribution is -0.140. The number of hydrogen-bond acceptors (Lipinski definition) is 4. The molecular formula is C16H20F3N3O3S. The zero-order valence-electron chi connectivity index (χ0n) is 14.0. The Balaban J connectivity index is 1.87. The Hall–Kier alpha value is -1.65. The van der Waals surface area contributed by atoms with Crippen molar-refractivity contribution in [2.45, 2.75) is 30.0 Å². The minimum Gasteiger partial charge on any atom is -0.336 e. The maximum Gasteiger partial charge on any atom is 0.417 e. The molecule has 10 heteroatoms. The van der Waals surface area contributed by atoms with E-state index in [4.69, 9.17) is 0 Å². The molecular weight excluding hydrogens is 371 g/mol. The van der Waals surface area contributed by atoms with Gasteiger partial charge in [-0.3, -0.25) is 4.79 Å². The highest BCUT2D eigenvalue weighted by Gasteiger charge is 2.41. The Labute approximate surface area is 150 Å². The Morgan fingerprint density at radius 3 is 2.58 bits per heavy atom. The molecule has 0 radical (unpaired) electrons. The van der Waals surface area contributed by atoms with Crippen LogP contribution in [-0.4, -0.2) is 62.3 Å². The number of piperazine rings is 1. The van der Waals surface area contributed by atoms with E-state index in [2.05, 4.69) is 5.32 Å². The first kappa shape index (κ1) is 19.1. The zero-order valence-corrected chi connectivity index (χ0v) is 14.8. The molecule has 0 aromatic heterocycles. The molecule has 0 aliphatic carbocycles. The summed E-state index contributed by atoms with van der Waals surface area (Å²) in [5.74, 6) is -0.115. The predicted molar refractivity (Wildman–Crippen MR) is 87.8 cm³/mol. The van der Waals surface area contributed by atoms with Crippen LogP contribution in [0.1, 0.15) is 18.4 Å². The number of piperidine rings is 1. The summed E-state index contributed by atoms with van der Waals surface area (Å²) in [4.78, 5) is 12.9. The summed E-state index contributed by atoms with van der Waals surface area (Å²) < 4.78 is 66.5. The van der Waals surface area contributed by atoms with Crippen LogP contribution in [0.15, 0.2) is 29.2 Å². The van der Waals surface area contributed by atoms with E-state index in [1.54, 1.807) is 4.90 Å². The van der Waals surface area contributed by atoms with Gasteiger partial charge in [-0.25, -0.2) is 8.42 Å². The van der Waals surface area contributed by atoms with Gasteiger partial charge < -0.3 is 10.2 Å². The van der Waals surface area contributed by atoms with E-state index in [-0.39, 0.29) is 31.6 Å². The van der Waals surface area contributed by atoms with Crippen molar-refractivity contribution in [1.29, 1.82) is 0 Å². The van der Waals surface area contributed by atoms with E-state index in [1.807, 2.05) is 0 Å². The fourth-order valence-electron chi connectivity index (χ4n) is 3.47. The molecule has 1 amide bonds. The summed E-state index contributed by atoms with van der Waals surface area (Å²) in [7, 11) is -4.31. The molecule has 0 spiro atoms. The van der Waals surface area contributed by atoms with Gasteiger partial charge in [-0.15, -0.1) is 0 Å². The topological polar surface area (TPSA) is 69.7 Å². The van der Waals surface area contributed by atoms with E-state index >= 15 is 0 Å². The average Bonchev–Trinajstić information content (AvgIpc) is 2.61. The van der Waals surface area contributed by atoms with Crippen molar-refractivity contribution in [1.82, 2.24) is 14.5 Å². The number of halogens is 3. The van der Waals surface area contributed by atoms with Gasteiger partial charge in [0.15, 0.2) is 0 Å². The van der Waals surface area contributed by atoms with Crippen LogP contribution in [0.4, 0.5) is 13.2 Å². The monoisotopic (exact) mass is 391 g/mol. The van der Waals surface area contributed by atoms with Crippen LogP contribution in [0.3, 0.4) is 0 Å². The number of sulfonamides is 1. The minimum absolute atomic E-state index is 0.0142. The number of alkyl halides is 3. The average molecular weight is 391 g/mol. The molecule has 1 aromatic rings. The van der Waals surface area contributed by atoms with Gasteiger partial charge in [-0.05, 0) is 25.0 Å². The fourth-order valence-corrected chi connectivity index (χ4v) is 5.19. The number of rotatable bonds is 3. The van der Waals surface area contributed by atoms with Gasteiger partial charge in [-0.1, -0.05) is 12.1 Å². The van der Waals surface area contributed by atoms with Crippen LogP contribution in [0.25, 0.3) is 0 Å². The molecule has 2 aliphatic rings. The molecule has 0 saturated carbocycles. The third kappa shape index (κ3) is 3.72. The molecule has 2 saturated heterocycles. The largest absolute Gasteiger partial charge is 0.417 e. The number of carbonyl (C=O) groups excluding carboxylic acids is 1. The minimum atomic E-state index is -4.76. The summed E-state index contributed by atoms with van der Waals surface area (Å²) in [6.07, 6.45) is -3.62. The predicted octanol–water partition coefficient (Wildman–Crippen LogP) is 1.29. The van der Waals surface area contributed by atoms with Gasteiger partial charge in [0.05, 0.1) is 17.0 Å². The van der Waals surface area contributed by atoms with Crippen LogP contribution >= 0.6 is 0 Å². The highest BCUT2D eigenvalue weighted by Crippen LogP contribution is 2.35. The Kier molecular flexibility index (Phi) is 5.27. The molecule has 26 heavy (non-hydrogen) atoms. The van der Waals surface area contributed by atoms with Crippen molar-refractivity contribution >= 4 is 15.9 Å². The van der Waals surface area contributed by atoms with Crippen molar-refractivity contribution in [3.8, 4) is 0 Å². The van der Waals surface area contributed by atoms with E-state index in [1.165, 1.54) is 12.1 Å². The van der Waals surface area contributed by atoms with Crippen LogP contribution in [-0.2, 0) is 21.0 Å². The lowest BCUT2D eigenvalue weighted by Crippen LogP contribution is -2.57. The second-order valence-electron chi connectivity index (χ2n) is 6.42. The van der Waals surface area contributed by atoms with Crippen molar-refractivity contribution in [3.63, 3.8) is 0 Å². The second-order valence-corrected chi connectivity index (χ2v) is 8.32. The third-order valence-corrected chi connectivity index (χ3v) is 6.66. The van der Waals surface area contributed by atoms with Crippen molar-refractivity contribution in [2.24, 2.45) is 0 Å². The summed E-state index contributed by atoms with van der Waals surface area (Å²) in [5.41, 5.74) is -1.17. The fraction of sp³-hybridized carbons (Fsp3) is 0.562. The Morgan fingerprint density at radius 1 is 1.15 bits per heavy atom. The lowest BCUT2D eigenvalue weighted by Gasteiger charge is -2.40. The molecule has 2 fully saturated rings. The highest BCUT2D eigenvalue weighted by molar-refractivity contribution is 7.89. The van der Waals surface area contributed by atoms with Gasteiger partial charge in [0.1, 0.15) is 0 Å². The van der Waals surface area contributed by atoms with Crippen LogP contribution < -0.4 is 5.32 Å². The molecule has 144 valence electrons. The second kappa shape index (κ2) is 7.16. The molecule has 0 bridgehead atoms. The summed E-state index contributed by atoms with van der Waals surface area (Å²) in [6.45, 7) is 1.44. The third-order valence-electron chi connectivity index (χ3n) is 4.74. The first-order valence-corrected chi connectivity index (χ1v) is 9.82. The first-order valence-electron chi connectivity index (χ1n) is 8.38. The molecule has 3 rings (SSSR count). The number of nitrogens with zero attached hydrogens (tertiary/aromatic N) is 2. The number of hydrogen-bond donors (Lipinski definition) is 1. The molecule has 1 N–H and O–H groups in total. The molecule has 2 heterocycles. The maximum absolute atomic E-state index is 13.2. The molecule has 1 atom stereocenters. The number of nitrogens with one attached hydrogen (secondary N) is 1. The van der Waals surface area contributed by atoms with Gasteiger partial charge in [0.25, 0.3) is 0 Å². The van der Waals surface area contributed by atoms with Crippen molar-refractivity contribution in [2.75, 3.05) is 32.7 Å². The highest BCUT2D eigenvalue weighted by atomic mass is 32.2. The van der Waals surface area contributed by atoms with E-state index in [9.17, 15) is 26.4 Å². The smallest absolute Gasteiger partial charge is 0.336 e. The quantitative estimate of drug-likeness (QED) is 0.843. The molecule has 2 aliphatic heterocycles. The standard InChI is InChI=1S/C16H20F3N3O3S/c17-16(18,19)13-5-1-2-6-14(13)26(24,25)21-8-3-4-12(11-21)22-9-7-20-10-15(22)23/h1-2,5-6,12,20H,3-4,7-11H2. The van der Waals surface area contributed by atoms with Crippen molar-refractivity contribution in [3.05, 3.63) is 29.8 Å². The molecule has 1 unspecified atom stereocenters. The van der Waals surface area contributed by atoms with E-state index in [0.29, 0.717) is 25.9 Å². The summed E-state index contributed by atoms with van der Waals surface area (Å²) >= 11 is 0. The van der Waals surface area contributed by atoms with Gasteiger partial charge in [-0.2, -0.15) is 17.5 Å². The van der Waals surface area contributed by atoms with Gasteiger partial charge >= 0.3 is 6.18 Å². The SMILES string of the molecule is O=C1CNCCN1C1CCCN(S(=O)(=O)c2ccccc2C(F)(F)F)C1. The number of carbonyl (C=O) groups is 1. The van der Waals surface area contributed by atoms with E-state index < -0.39 is 26.7 Å². The van der Waals surface area contributed by atoms with Gasteiger partial charge in [0, 0.05) is 32.2 Å². The maximum atomic E-state index is 13.2. The zero-order chi connectivity index (χ0) is 18.9. The Bertz CT molecular complexity index is 782. The van der Waals surface area contributed by atoms with E-state index in [0.717, 1.165) is 16.4 Å². The summed E-state index contributed by atoms with van der Waals surface area (Å²) in [5, 5.41) is 2.95. The first-order chi connectivity index (χ1) is 12.2. The van der Waals surface area contributed by atoms with Crippen LogP contribution in [0, 0.1) is 0 Å². The Morgan fingerprint density at radius 2 is 1.88 bits per heavy atom. The van der Waals surface area contributed by atoms with Crippen molar-refractivity contribution < 1.29 is 26.4 Å². The number of amides is 1. The lowest BCUT2D eigenvalue weighted by atomic mass is 10.1.